The van der Waals surface area contributed by atoms with Crippen molar-refractivity contribution in [3.05, 3.63) is 106 Å². The van der Waals surface area contributed by atoms with Gasteiger partial charge in [-0.2, -0.15) is 0 Å². The van der Waals surface area contributed by atoms with Crippen LogP contribution in [0.15, 0.2) is 66.9 Å². The molecule has 0 saturated heterocycles. The number of carboxylic acid groups (broad SMARTS) is 1. The minimum Gasteiger partial charge on any atom is -0.494 e. The molecular weight excluding hydrogens is 416 g/mol. The van der Waals surface area contributed by atoms with Crippen LogP contribution in [0.25, 0.3) is 10.9 Å². The van der Waals surface area contributed by atoms with Crippen molar-refractivity contribution in [1.29, 1.82) is 0 Å². The second-order valence-corrected chi connectivity index (χ2v) is 7.19. The van der Waals surface area contributed by atoms with Crippen molar-refractivity contribution in [3.8, 4) is 5.75 Å². The van der Waals surface area contributed by atoms with Crippen LogP contribution < -0.4 is 4.74 Å². The largest absolute Gasteiger partial charge is 0.494 e. The molecule has 1 N–H and O–H groups in total. The molecule has 32 heavy (non-hydrogen) atoms. The lowest BCUT2D eigenvalue weighted by atomic mass is 9.95. The molecule has 0 saturated carbocycles. The fraction of sp³-hybridized carbons (Fsp3) is 0.0800. The molecule has 0 fully saturated rings. The van der Waals surface area contributed by atoms with E-state index in [1.807, 2.05) is 0 Å². The number of pyridine rings is 1. The highest BCUT2D eigenvalue weighted by Crippen LogP contribution is 2.34. The number of aromatic nitrogens is 1. The Labute approximate surface area is 181 Å². The zero-order valence-corrected chi connectivity index (χ0v) is 16.9. The van der Waals surface area contributed by atoms with Gasteiger partial charge in [-0.3, -0.25) is 9.78 Å². The van der Waals surface area contributed by atoms with Gasteiger partial charge in [0.1, 0.15) is 17.2 Å². The molecule has 4 aromatic rings. The van der Waals surface area contributed by atoms with Gasteiger partial charge in [-0.25, -0.2) is 13.6 Å². The van der Waals surface area contributed by atoms with Crippen LogP contribution in [0.2, 0.25) is 0 Å². The maximum atomic E-state index is 13.2. The molecule has 0 amide bonds. The maximum Gasteiger partial charge on any atom is 0.336 e. The van der Waals surface area contributed by atoms with E-state index in [4.69, 9.17) is 4.74 Å². The molecule has 0 spiro atoms. The highest BCUT2D eigenvalue weighted by molar-refractivity contribution is 6.16. The number of aromatic carboxylic acids is 1. The highest BCUT2D eigenvalue weighted by atomic mass is 19.1. The third-order valence-corrected chi connectivity index (χ3v) is 5.09. The first kappa shape index (κ1) is 21.1. The monoisotopic (exact) mass is 433 g/mol. The molecule has 0 aliphatic heterocycles. The van der Waals surface area contributed by atoms with E-state index in [0.29, 0.717) is 17.4 Å². The fourth-order valence-electron chi connectivity index (χ4n) is 3.55. The van der Waals surface area contributed by atoms with Crippen molar-refractivity contribution in [2.75, 3.05) is 7.11 Å². The smallest absolute Gasteiger partial charge is 0.336 e. The average Bonchev–Trinajstić information content (AvgIpc) is 2.79. The molecule has 7 heteroatoms. The third-order valence-electron chi connectivity index (χ3n) is 5.09. The minimum atomic E-state index is -1.23. The van der Waals surface area contributed by atoms with Gasteiger partial charge in [0.25, 0.3) is 0 Å². The SMILES string of the molecule is COc1c(C(=O)c2ccc(F)cc2)cc(C(=O)O)c2cc(Cc3ccc(F)cc3)cnc12. The Hall–Kier alpha value is -4.13. The molecule has 0 unspecified atom stereocenters. The Morgan fingerprint density at radius 1 is 0.906 bits per heavy atom. The number of rotatable bonds is 6. The molecule has 0 aliphatic carbocycles. The van der Waals surface area contributed by atoms with Crippen LogP contribution in [0.1, 0.15) is 37.4 Å². The molecule has 0 aliphatic rings. The first-order valence-electron chi connectivity index (χ1n) is 9.65. The van der Waals surface area contributed by atoms with Gasteiger partial charge >= 0.3 is 5.97 Å². The van der Waals surface area contributed by atoms with E-state index in [1.54, 1.807) is 24.4 Å². The molecule has 0 atom stereocenters. The standard InChI is InChI=1S/C25H17F2NO4/c1-32-24-21(23(29)16-4-8-18(27)9-5-16)12-20(25(30)31)19-11-15(13-28-22(19)24)10-14-2-6-17(26)7-3-14/h2-9,11-13H,10H2,1H3,(H,30,31). The van der Waals surface area contributed by atoms with E-state index in [9.17, 15) is 23.5 Å². The molecular formula is C25H17F2NO4. The lowest BCUT2D eigenvalue weighted by Gasteiger charge is -2.14. The van der Waals surface area contributed by atoms with Crippen LogP contribution in [-0.4, -0.2) is 29.0 Å². The van der Waals surface area contributed by atoms with Gasteiger partial charge in [0.2, 0.25) is 0 Å². The second kappa shape index (κ2) is 8.55. The maximum absolute atomic E-state index is 13.2. The molecule has 5 nitrogen and oxygen atoms in total. The van der Waals surface area contributed by atoms with Gasteiger partial charge < -0.3 is 9.84 Å². The molecule has 1 heterocycles. The summed E-state index contributed by atoms with van der Waals surface area (Å²) >= 11 is 0. The quantitative estimate of drug-likeness (QED) is 0.431. The number of hydrogen-bond donors (Lipinski definition) is 1. The number of carboxylic acids is 1. The van der Waals surface area contributed by atoms with Gasteiger partial charge in [-0.1, -0.05) is 12.1 Å². The van der Waals surface area contributed by atoms with Crippen molar-refractivity contribution in [2.24, 2.45) is 0 Å². The number of benzene rings is 3. The van der Waals surface area contributed by atoms with Gasteiger partial charge in [0.05, 0.1) is 18.2 Å². The van der Waals surface area contributed by atoms with Crippen molar-refractivity contribution < 1.29 is 28.2 Å². The van der Waals surface area contributed by atoms with E-state index >= 15 is 0 Å². The van der Waals surface area contributed by atoms with Crippen molar-refractivity contribution in [1.82, 2.24) is 4.98 Å². The van der Waals surface area contributed by atoms with E-state index in [-0.39, 0.29) is 33.8 Å². The number of fused-ring (bicyclic) bond motifs is 1. The van der Waals surface area contributed by atoms with Crippen LogP contribution >= 0.6 is 0 Å². The summed E-state index contributed by atoms with van der Waals surface area (Å²) in [6, 6.07) is 13.8. The first-order chi connectivity index (χ1) is 15.4. The highest BCUT2D eigenvalue weighted by Gasteiger charge is 2.23. The number of nitrogens with zero attached hydrogens (tertiary/aromatic N) is 1. The summed E-state index contributed by atoms with van der Waals surface area (Å²) in [6.45, 7) is 0. The summed E-state index contributed by atoms with van der Waals surface area (Å²) in [6.07, 6.45) is 1.98. The first-order valence-corrected chi connectivity index (χ1v) is 9.65. The molecule has 1 aromatic heterocycles. The van der Waals surface area contributed by atoms with Gasteiger partial charge in [-0.15, -0.1) is 0 Å². The molecule has 0 bridgehead atoms. The summed E-state index contributed by atoms with van der Waals surface area (Å²) in [7, 11) is 1.37. The van der Waals surface area contributed by atoms with Crippen LogP contribution in [0.5, 0.6) is 5.75 Å². The number of carbonyl (C=O) groups excluding carboxylic acids is 1. The predicted molar refractivity (Wildman–Crippen MR) is 114 cm³/mol. The number of ether oxygens (including phenoxy) is 1. The van der Waals surface area contributed by atoms with Gasteiger partial charge in [-0.05, 0) is 66.1 Å². The number of halogens is 2. The van der Waals surface area contributed by atoms with Gasteiger partial charge in [0, 0.05) is 17.1 Å². The van der Waals surface area contributed by atoms with Crippen LogP contribution in [-0.2, 0) is 6.42 Å². The lowest BCUT2D eigenvalue weighted by Crippen LogP contribution is -2.09. The molecule has 0 radical (unpaired) electrons. The Bertz CT molecular complexity index is 1330. The topological polar surface area (TPSA) is 76.5 Å². The molecule has 3 aromatic carbocycles. The van der Waals surface area contributed by atoms with Crippen LogP contribution in [0.3, 0.4) is 0 Å². The summed E-state index contributed by atoms with van der Waals surface area (Å²) in [4.78, 5) is 29.4. The van der Waals surface area contributed by atoms with Crippen molar-refractivity contribution in [3.63, 3.8) is 0 Å². The molecule has 4 rings (SSSR count). The number of methoxy groups -OCH3 is 1. The van der Waals surface area contributed by atoms with Crippen molar-refractivity contribution in [2.45, 2.75) is 6.42 Å². The van der Waals surface area contributed by atoms with Gasteiger partial charge in [0.15, 0.2) is 11.5 Å². The van der Waals surface area contributed by atoms with Crippen molar-refractivity contribution >= 4 is 22.7 Å². The van der Waals surface area contributed by atoms with Crippen LogP contribution in [0.4, 0.5) is 8.78 Å². The third kappa shape index (κ3) is 4.05. The number of hydrogen-bond acceptors (Lipinski definition) is 4. The fourth-order valence-corrected chi connectivity index (χ4v) is 3.55. The minimum absolute atomic E-state index is 0.0165. The zero-order valence-electron chi connectivity index (χ0n) is 16.9. The van der Waals surface area contributed by atoms with E-state index < -0.39 is 17.6 Å². The second-order valence-electron chi connectivity index (χ2n) is 7.19. The lowest BCUT2D eigenvalue weighted by molar-refractivity contribution is 0.0699. The zero-order chi connectivity index (χ0) is 22.8. The molecule has 160 valence electrons. The Balaban J connectivity index is 1.85. The summed E-state index contributed by atoms with van der Waals surface area (Å²) in [5, 5.41) is 10.1. The van der Waals surface area contributed by atoms with E-state index in [0.717, 1.165) is 17.7 Å². The average molecular weight is 433 g/mol. The Morgan fingerprint density at radius 2 is 1.53 bits per heavy atom. The summed E-state index contributed by atoms with van der Waals surface area (Å²) < 4.78 is 31.9. The Morgan fingerprint density at radius 3 is 2.12 bits per heavy atom. The normalized spacial score (nSPS) is 10.8. The van der Waals surface area contributed by atoms with E-state index in [1.165, 1.54) is 37.4 Å². The number of ketones is 1. The summed E-state index contributed by atoms with van der Waals surface area (Å²) in [5.74, 6) is -2.45. The predicted octanol–water partition coefficient (Wildman–Crippen LogP) is 5.04. The Kier molecular flexibility index (Phi) is 5.64. The number of carbonyl (C=O) groups is 2. The van der Waals surface area contributed by atoms with E-state index in [2.05, 4.69) is 4.98 Å². The van der Waals surface area contributed by atoms with Crippen LogP contribution in [0, 0.1) is 11.6 Å². The summed E-state index contributed by atoms with van der Waals surface area (Å²) in [5.41, 5.74) is 1.86.